The van der Waals surface area contributed by atoms with Crippen LogP contribution in [0, 0.1) is 0 Å². The first kappa shape index (κ1) is 21.6. The molecule has 3 aromatic heterocycles. The number of imidazole rings is 1. The van der Waals surface area contributed by atoms with E-state index in [9.17, 15) is 18.3 Å². The van der Waals surface area contributed by atoms with Gasteiger partial charge >= 0.3 is 0 Å². The van der Waals surface area contributed by atoms with Crippen molar-refractivity contribution < 1.29 is 13.5 Å². The quantitative estimate of drug-likeness (QED) is 0.298. The average Bonchev–Trinajstić information content (AvgIpc) is 3.36. The van der Waals surface area contributed by atoms with Crippen LogP contribution < -0.4 is 15.4 Å². The summed E-state index contributed by atoms with van der Waals surface area (Å²) in [6, 6.07) is 11.5. The number of phenolic OH excluding ortho intramolecular Hbond substituents is 1. The van der Waals surface area contributed by atoms with E-state index >= 15 is 0 Å². The van der Waals surface area contributed by atoms with E-state index < -0.39 is 10.2 Å². The van der Waals surface area contributed by atoms with Gasteiger partial charge in [0.2, 0.25) is 11.5 Å². The van der Waals surface area contributed by atoms with Crippen LogP contribution in [-0.4, -0.2) is 42.8 Å². The highest BCUT2D eigenvalue weighted by atomic mass is 32.2. The van der Waals surface area contributed by atoms with Gasteiger partial charge in [0.25, 0.3) is 10.2 Å². The molecule has 0 saturated heterocycles. The highest BCUT2D eigenvalue weighted by Crippen LogP contribution is 2.36. The number of nitrogens with two attached hydrogens (primary N) is 1. The normalized spacial score (nSPS) is 12.1. The number of hydrogen-bond donors (Lipinski definition) is 4. The molecular weight excluding hydrogens is 460 g/mol. The fourth-order valence-corrected chi connectivity index (χ4v) is 4.27. The van der Waals surface area contributed by atoms with Crippen molar-refractivity contribution in [1.29, 1.82) is 0 Å². The minimum Gasteiger partial charge on any atom is -0.507 e. The van der Waals surface area contributed by atoms with Gasteiger partial charge in [0, 0.05) is 18.2 Å². The van der Waals surface area contributed by atoms with Crippen LogP contribution in [0.25, 0.3) is 39.0 Å². The third-order valence-corrected chi connectivity index (χ3v) is 5.82. The molecule has 0 fully saturated rings. The molecule has 5 N–H and O–H groups in total. The lowest BCUT2D eigenvalue weighted by atomic mass is 10.1. The van der Waals surface area contributed by atoms with Crippen molar-refractivity contribution in [2.75, 3.05) is 4.72 Å². The summed E-state index contributed by atoms with van der Waals surface area (Å²) in [7, 11) is -4.19. The highest BCUT2D eigenvalue weighted by Gasteiger charge is 2.23. The number of fused-ring (bicyclic) bond motifs is 2. The summed E-state index contributed by atoms with van der Waals surface area (Å²) in [5.74, 6) is -0.224. The van der Waals surface area contributed by atoms with Crippen LogP contribution in [0.4, 0.5) is 5.95 Å². The molecule has 0 saturated carbocycles. The number of aromatic nitrogens is 6. The van der Waals surface area contributed by atoms with Crippen molar-refractivity contribution >= 4 is 38.1 Å². The second-order valence-electron chi connectivity index (χ2n) is 8.00. The molecule has 0 aliphatic rings. The van der Waals surface area contributed by atoms with E-state index in [1.807, 2.05) is 24.5 Å². The number of aromatic amines is 1. The summed E-state index contributed by atoms with van der Waals surface area (Å²) in [5, 5.41) is 24.7. The molecule has 5 aromatic rings. The van der Waals surface area contributed by atoms with E-state index in [1.165, 1.54) is 16.7 Å². The first-order valence-electron chi connectivity index (χ1n) is 10.2. The molecule has 0 radical (unpaired) electrons. The Bertz CT molecular complexity index is 1730. The maximum atomic E-state index is 11.8. The van der Waals surface area contributed by atoms with Gasteiger partial charge in [-0.05, 0) is 43.5 Å². The Kier molecular flexibility index (Phi) is 4.88. The Morgan fingerprint density at radius 1 is 1.15 bits per heavy atom. The van der Waals surface area contributed by atoms with Gasteiger partial charge in [-0.15, -0.1) is 10.2 Å². The molecule has 34 heavy (non-hydrogen) atoms. The first-order chi connectivity index (χ1) is 16.1. The Hall–Kier alpha value is -4.23. The second-order valence-corrected chi connectivity index (χ2v) is 9.29. The molecule has 0 spiro atoms. The van der Waals surface area contributed by atoms with Crippen molar-refractivity contribution in [3.8, 4) is 22.8 Å². The predicted octanol–water partition coefficient (Wildman–Crippen LogP) is 2.03. The number of aromatic hydroxyl groups is 1. The molecule has 13 heteroatoms. The molecule has 0 aliphatic carbocycles. The summed E-state index contributed by atoms with van der Waals surface area (Å²) in [6.45, 7) is 4.03. The fourth-order valence-electron chi connectivity index (χ4n) is 3.88. The van der Waals surface area contributed by atoms with Crippen LogP contribution in [-0.2, 0) is 10.2 Å². The number of pyridine rings is 1. The fraction of sp³-hybridized carbons (Fsp3) is 0.143. The molecule has 0 bridgehead atoms. The first-order valence-corrected chi connectivity index (χ1v) is 11.8. The van der Waals surface area contributed by atoms with E-state index in [0.29, 0.717) is 22.1 Å². The number of phenols is 1. The van der Waals surface area contributed by atoms with Crippen molar-refractivity contribution in [3.63, 3.8) is 0 Å². The van der Waals surface area contributed by atoms with Crippen molar-refractivity contribution in [3.05, 3.63) is 59.1 Å². The molecule has 12 nitrogen and oxygen atoms in total. The van der Waals surface area contributed by atoms with Gasteiger partial charge in [0.05, 0.1) is 28.6 Å². The Morgan fingerprint density at radius 2 is 1.94 bits per heavy atom. The van der Waals surface area contributed by atoms with E-state index in [-0.39, 0.29) is 34.7 Å². The topological polar surface area (TPSA) is 174 Å². The maximum absolute atomic E-state index is 11.8. The maximum Gasteiger partial charge on any atom is 0.298 e. The van der Waals surface area contributed by atoms with Crippen molar-refractivity contribution in [2.45, 2.75) is 19.9 Å². The third-order valence-electron chi connectivity index (χ3n) is 5.36. The zero-order valence-corrected chi connectivity index (χ0v) is 18.9. The van der Waals surface area contributed by atoms with Crippen LogP contribution in [0.1, 0.15) is 19.9 Å². The van der Waals surface area contributed by atoms with Crippen LogP contribution in [0.5, 0.6) is 5.75 Å². The highest BCUT2D eigenvalue weighted by molar-refractivity contribution is 7.90. The number of anilines is 1. The molecule has 0 unspecified atom stereocenters. The van der Waals surface area contributed by atoms with Gasteiger partial charge in [-0.1, -0.05) is 6.07 Å². The summed E-state index contributed by atoms with van der Waals surface area (Å²) < 4.78 is 29.3. The van der Waals surface area contributed by atoms with Crippen LogP contribution in [0.2, 0.25) is 0 Å². The van der Waals surface area contributed by atoms with Crippen LogP contribution in [0.15, 0.2) is 53.6 Å². The van der Waals surface area contributed by atoms with Gasteiger partial charge in [-0.3, -0.25) is 9.36 Å². The molecule has 0 atom stereocenters. The number of para-hydroxylation sites is 1. The van der Waals surface area contributed by atoms with E-state index in [1.54, 1.807) is 30.6 Å². The number of nitrogens with one attached hydrogen (secondary N) is 2. The molecule has 174 valence electrons. The number of H-pyrrole nitrogens is 1. The zero-order chi connectivity index (χ0) is 24.2. The monoisotopic (exact) mass is 480 g/mol. The van der Waals surface area contributed by atoms with Gasteiger partial charge in [0.15, 0.2) is 5.82 Å². The van der Waals surface area contributed by atoms with E-state index in [0.717, 1.165) is 5.52 Å². The van der Waals surface area contributed by atoms with E-state index in [2.05, 4.69) is 24.9 Å². The van der Waals surface area contributed by atoms with Crippen molar-refractivity contribution in [2.24, 2.45) is 5.14 Å². The number of rotatable bonds is 5. The third kappa shape index (κ3) is 3.66. The molecule has 3 heterocycles. The predicted molar refractivity (Wildman–Crippen MR) is 127 cm³/mol. The molecule has 0 amide bonds. The average molecular weight is 481 g/mol. The Labute approximate surface area is 192 Å². The van der Waals surface area contributed by atoms with Gasteiger partial charge in [0.1, 0.15) is 11.3 Å². The zero-order valence-electron chi connectivity index (χ0n) is 18.1. The molecule has 0 aliphatic heterocycles. The minimum atomic E-state index is -4.19. The summed E-state index contributed by atoms with van der Waals surface area (Å²) in [6.07, 6.45) is 1.69. The summed E-state index contributed by atoms with van der Waals surface area (Å²) >= 11 is 0. The summed E-state index contributed by atoms with van der Waals surface area (Å²) in [5.41, 5.74) is 2.24. The van der Waals surface area contributed by atoms with Crippen molar-refractivity contribution in [1.82, 2.24) is 29.3 Å². The molecular formula is C21H20N8O4S. The minimum absolute atomic E-state index is 0.134. The largest absolute Gasteiger partial charge is 0.507 e. The standard InChI is InChI=1S/C21H20N8O4S/c1-11(2)28-10-23-19-15(28)4-3-5-16(19)29-20(25-26-21(29)27-34(22,32)33)13-8-12-6-7-18(31)24-14(12)9-17(13)30/h3-11,30H,1-2H3,(H,24,31)(H,26,27)(H2,22,32,33). The van der Waals surface area contributed by atoms with Gasteiger partial charge < -0.3 is 14.7 Å². The molecule has 2 aromatic carbocycles. The smallest absolute Gasteiger partial charge is 0.298 e. The van der Waals surface area contributed by atoms with Crippen LogP contribution in [0.3, 0.4) is 0 Å². The Morgan fingerprint density at radius 3 is 2.68 bits per heavy atom. The lowest BCUT2D eigenvalue weighted by Gasteiger charge is -2.14. The number of hydrogen-bond acceptors (Lipinski definition) is 7. The van der Waals surface area contributed by atoms with Crippen LogP contribution >= 0.6 is 0 Å². The number of benzene rings is 2. The van der Waals surface area contributed by atoms with Gasteiger partial charge in [-0.25, -0.2) is 14.8 Å². The SMILES string of the molecule is CC(C)n1cnc2c(-n3c(NS(N)(=O)=O)nnc3-c3cc4ccc(=O)[nH]c4cc3O)cccc21. The Balaban J connectivity index is 1.82. The lowest BCUT2D eigenvalue weighted by molar-refractivity contribution is 0.477. The second kappa shape index (κ2) is 7.67. The lowest BCUT2D eigenvalue weighted by Crippen LogP contribution is -2.24. The number of nitrogens with zero attached hydrogens (tertiary/aromatic N) is 5. The molecule has 5 rings (SSSR count). The van der Waals surface area contributed by atoms with Gasteiger partial charge in [-0.2, -0.15) is 8.42 Å². The van der Waals surface area contributed by atoms with E-state index in [4.69, 9.17) is 5.14 Å². The summed E-state index contributed by atoms with van der Waals surface area (Å²) in [4.78, 5) is 18.8.